The molecule has 0 amide bonds. The average Bonchev–Trinajstić information content (AvgIpc) is 2.58. The molecular formula is C9H9Cl2N2-. The van der Waals surface area contributed by atoms with Crippen LogP contribution in [0.3, 0.4) is 0 Å². The average molecular weight is 216 g/mol. The van der Waals surface area contributed by atoms with Crippen LogP contribution in [0.15, 0.2) is 29.3 Å². The third-order valence-electron chi connectivity index (χ3n) is 1.79. The van der Waals surface area contributed by atoms with Crippen LogP contribution in [0.2, 0.25) is 5.02 Å². The summed E-state index contributed by atoms with van der Waals surface area (Å²) in [7, 11) is 0. The van der Waals surface area contributed by atoms with E-state index in [1.807, 2.05) is 24.3 Å². The highest BCUT2D eigenvalue weighted by Gasteiger charge is 2.06. The molecule has 1 aromatic carbocycles. The zero-order valence-corrected chi connectivity index (χ0v) is 8.44. The molecule has 0 atom stereocenters. The second-order valence-corrected chi connectivity index (χ2v) is 3.10. The van der Waals surface area contributed by atoms with Crippen LogP contribution in [0.25, 0.3) is 0 Å². The van der Waals surface area contributed by atoms with Gasteiger partial charge in [-0.25, -0.2) is 0 Å². The zero-order valence-electron chi connectivity index (χ0n) is 6.93. The summed E-state index contributed by atoms with van der Waals surface area (Å²) < 4.78 is 0. The number of halogens is 2. The van der Waals surface area contributed by atoms with Crippen molar-refractivity contribution in [3.05, 3.63) is 34.9 Å². The van der Waals surface area contributed by atoms with E-state index in [-0.39, 0.29) is 12.4 Å². The minimum Gasteiger partial charge on any atom is -1.00 e. The lowest BCUT2D eigenvalue weighted by Gasteiger charge is -2.00. The molecule has 4 heteroatoms. The summed E-state index contributed by atoms with van der Waals surface area (Å²) >= 11 is 5.76. The van der Waals surface area contributed by atoms with Crippen LogP contribution in [-0.2, 0) is 0 Å². The Hall–Kier alpha value is -0.730. The van der Waals surface area contributed by atoms with Crippen molar-refractivity contribution in [3.8, 4) is 0 Å². The highest BCUT2D eigenvalue weighted by atomic mass is 35.5. The van der Waals surface area contributed by atoms with E-state index in [9.17, 15) is 0 Å². The number of rotatable bonds is 1. The minimum absolute atomic E-state index is 0. The van der Waals surface area contributed by atoms with Crippen LogP contribution in [0, 0.1) is 0 Å². The van der Waals surface area contributed by atoms with Crippen LogP contribution >= 0.6 is 11.6 Å². The fourth-order valence-corrected chi connectivity index (χ4v) is 1.33. The Bertz CT molecular complexity index is 306. The summed E-state index contributed by atoms with van der Waals surface area (Å²) in [4.78, 5) is 4.30. The molecule has 1 aliphatic rings. The smallest absolute Gasteiger partial charge is 0.128 e. The molecule has 1 aliphatic heterocycles. The molecule has 1 N–H and O–H groups in total. The standard InChI is InChI=1S/C9H9ClN2.ClH/c10-8-3-1-7(2-4-8)9-11-5-6-12-9;/h1-4H,5-6H2,(H,11,12);1H/p-1. The van der Waals surface area contributed by atoms with E-state index >= 15 is 0 Å². The largest absolute Gasteiger partial charge is 1.00 e. The Kier molecular flexibility index (Phi) is 3.58. The monoisotopic (exact) mass is 215 g/mol. The van der Waals surface area contributed by atoms with Crippen molar-refractivity contribution in [1.29, 1.82) is 0 Å². The summed E-state index contributed by atoms with van der Waals surface area (Å²) in [5.41, 5.74) is 1.11. The molecule has 0 radical (unpaired) electrons. The fraction of sp³-hybridized carbons (Fsp3) is 0.222. The summed E-state index contributed by atoms with van der Waals surface area (Å²) in [6, 6.07) is 7.69. The molecule has 1 aromatic rings. The number of nitrogens with one attached hydrogen (secondary N) is 1. The van der Waals surface area contributed by atoms with E-state index in [0.717, 1.165) is 29.5 Å². The highest BCUT2D eigenvalue weighted by molar-refractivity contribution is 6.30. The van der Waals surface area contributed by atoms with Crippen LogP contribution in [-0.4, -0.2) is 18.9 Å². The maximum Gasteiger partial charge on any atom is 0.128 e. The van der Waals surface area contributed by atoms with Gasteiger partial charge in [0.25, 0.3) is 0 Å². The maximum atomic E-state index is 5.76. The lowest BCUT2D eigenvalue weighted by Crippen LogP contribution is -3.00. The van der Waals surface area contributed by atoms with Gasteiger partial charge in [-0.3, -0.25) is 4.99 Å². The second kappa shape index (κ2) is 4.49. The Morgan fingerprint density at radius 3 is 2.46 bits per heavy atom. The lowest BCUT2D eigenvalue weighted by atomic mass is 10.2. The molecule has 0 unspecified atom stereocenters. The van der Waals surface area contributed by atoms with E-state index < -0.39 is 0 Å². The van der Waals surface area contributed by atoms with Gasteiger partial charge in [0.1, 0.15) is 5.84 Å². The number of amidine groups is 1. The molecule has 0 aliphatic carbocycles. The topological polar surface area (TPSA) is 24.4 Å². The molecule has 70 valence electrons. The summed E-state index contributed by atoms with van der Waals surface area (Å²) in [5, 5.41) is 3.96. The van der Waals surface area contributed by atoms with E-state index in [1.165, 1.54) is 0 Å². The Morgan fingerprint density at radius 2 is 1.92 bits per heavy atom. The van der Waals surface area contributed by atoms with Crippen LogP contribution in [0.5, 0.6) is 0 Å². The van der Waals surface area contributed by atoms with E-state index in [1.54, 1.807) is 0 Å². The molecular weight excluding hydrogens is 207 g/mol. The van der Waals surface area contributed by atoms with Crippen molar-refractivity contribution >= 4 is 17.4 Å². The minimum atomic E-state index is 0. The Morgan fingerprint density at radius 1 is 1.23 bits per heavy atom. The molecule has 2 nitrogen and oxygen atoms in total. The van der Waals surface area contributed by atoms with Crippen LogP contribution in [0.1, 0.15) is 5.56 Å². The normalized spacial score (nSPS) is 14.4. The molecule has 0 spiro atoms. The van der Waals surface area contributed by atoms with E-state index in [2.05, 4.69) is 10.3 Å². The van der Waals surface area contributed by atoms with Crippen molar-refractivity contribution in [2.24, 2.45) is 4.99 Å². The van der Waals surface area contributed by atoms with Gasteiger partial charge in [0.05, 0.1) is 6.54 Å². The summed E-state index contributed by atoms with van der Waals surface area (Å²) in [6.45, 7) is 1.82. The molecule has 0 bridgehead atoms. The zero-order chi connectivity index (χ0) is 8.39. The predicted molar refractivity (Wildman–Crippen MR) is 50.9 cm³/mol. The third-order valence-corrected chi connectivity index (χ3v) is 2.04. The van der Waals surface area contributed by atoms with Crippen molar-refractivity contribution in [1.82, 2.24) is 5.32 Å². The molecule has 13 heavy (non-hydrogen) atoms. The number of nitrogens with zero attached hydrogens (tertiary/aromatic N) is 1. The van der Waals surface area contributed by atoms with Gasteiger partial charge < -0.3 is 17.7 Å². The first-order valence-corrected chi connectivity index (χ1v) is 4.28. The SMILES string of the molecule is Clc1ccc(C2=NCCN2)cc1.[Cl-]. The summed E-state index contributed by atoms with van der Waals surface area (Å²) in [5.74, 6) is 0.978. The molecule has 0 aromatic heterocycles. The van der Waals surface area contributed by atoms with Crippen LogP contribution < -0.4 is 17.7 Å². The maximum absolute atomic E-state index is 5.76. The van der Waals surface area contributed by atoms with Gasteiger partial charge in [0, 0.05) is 17.1 Å². The third kappa shape index (κ3) is 2.36. The molecule has 1 heterocycles. The lowest BCUT2D eigenvalue weighted by molar-refractivity contribution is -0.00000238. The van der Waals surface area contributed by atoms with Gasteiger partial charge in [-0.15, -0.1) is 0 Å². The number of aliphatic imine (C=N–C) groups is 1. The van der Waals surface area contributed by atoms with Crippen molar-refractivity contribution in [2.75, 3.05) is 13.1 Å². The highest BCUT2D eigenvalue weighted by Crippen LogP contribution is 2.10. The van der Waals surface area contributed by atoms with Crippen molar-refractivity contribution in [3.63, 3.8) is 0 Å². The predicted octanol–water partition coefficient (Wildman–Crippen LogP) is -1.31. The first-order valence-electron chi connectivity index (χ1n) is 3.90. The van der Waals surface area contributed by atoms with Crippen molar-refractivity contribution < 1.29 is 12.4 Å². The first kappa shape index (κ1) is 10.4. The molecule has 0 saturated carbocycles. The molecule has 2 rings (SSSR count). The molecule has 0 saturated heterocycles. The quantitative estimate of drug-likeness (QED) is 0.619. The van der Waals surface area contributed by atoms with E-state index in [0.29, 0.717) is 0 Å². The van der Waals surface area contributed by atoms with Gasteiger partial charge in [0.2, 0.25) is 0 Å². The van der Waals surface area contributed by atoms with Crippen LogP contribution in [0.4, 0.5) is 0 Å². The Labute approximate surface area is 88.4 Å². The van der Waals surface area contributed by atoms with E-state index in [4.69, 9.17) is 11.6 Å². The number of hydrogen-bond acceptors (Lipinski definition) is 2. The van der Waals surface area contributed by atoms with Crippen molar-refractivity contribution in [2.45, 2.75) is 0 Å². The number of hydrogen-bond donors (Lipinski definition) is 1. The molecule has 0 fully saturated rings. The van der Waals surface area contributed by atoms with Gasteiger partial charge in [0.15, 0.2) is 0 Å². The summed E-state index contributed by atoms with van der Waals surface area (Å²) in [6.07, 6.45) is 0. The second-order valence-electron chi connectivity index (χ2n) is 2.66. The van der Waals surface area contributed by atoms with Gasteiger partial charge in [-0.05, 0) is 24.3 Å². The van der Waals surface area contributed by atoms with Gasteiger partial charge in [-0.2, -0.15) is 0 Å². The fourth-order valence-electron chi connectivity index (χ4n) is 1.20. The first-order chi connectivity index (χ1) is 5.86. The number of benzene rings is 1. The van der Waals surface area contributed by atoms with Gasteiger partial charge in [-0.1, -0.05) is 11.6 Å². The van der Waals surface area contributed by atoms with Gasteiger partial charge >= 0.3 is 0 Å². The Balaban J connectivity index is 0.000000845.